The number of furan rings is 1. The van der Waals surface area contributed by atoms with Crippen molar-refractivity contribution in [2.45, 2.75) is 26.2 Å². The predicted octanol–water partition coefficient (Wildman–Crippen LogP) is 5.03. The fourth-order valence-corrected chi connectivity index (χ4v) is 3.58. The van der Waals surface area contributed by atoms with Gasteiger partial charge in [0.05, 0.1) is 10.6 Å². The molecule has 0 spiro atoms. The summed E-state index contributed by atoms with van der Waals surface area (Å²) in [5, 5.41) is 13.2. The van der Waals surface area contributed by atoms with Crippen LogP contribution in [-0.2, 0) is 9.59 Å². The molecule has 3 aromatic rings. The molecule has 1 aliphatic rings. The Hall–Kier alpha value is -4.53. The minimum atomic E-state index is -0.837. The van der Waals surface area contributed by atoms with Crippen molar-refractivity contribution >= 4 is 35.3 Å². The number of barbiturate groups is 1. The van der Waals surface area contributed by atoms with Gasteiger partial charge in [0, 0.05) is 17.7 Å². The number of hydrogen-bond donors (Lipinski definition) is 1. The summed E-state index contributed by atoms with van der Waals surface area (Å²) in [7, 11) is 0. The van der Waals surface area contributed by atoms with E-state index in [0.29, 0.717) is 22.9 Å². The number of nitro groups is 1. The summed E-state index contributed by atoms with van der Waals surface area (Å²) in [5.74, 6) is -0.778. The van der Waals surface area contributed by atoms with Crippen molar-refractivity contribution in [2.24, 2.45) is 0 Å². The first-order valence-corrected chi connectivity index (χ1v) is 10.6. The van der Waals surface area contributed by atoms with Crippen molar-refractivity contribution in [3.8, 4) is 11.3 Å². The van der Waals surface area contributed by atoms with Gasteiger partial charge < -0.3 is 4.42 Å². The number of amides is 4. The number of nitro benzene ring substituents is 1. The van der Waals surface area contributed by atoms with Crippen molar-refractivity contribution in [3.05, 3.63) is 87.7 Å². The van der Waals surface area contributed by atoms with Gasteiger partial charge in [-0.25, -0.2) is 9.69 Å². The van der Waals surface area contributed by atoms with E-state index in [9.17, 15) is 24.5 Å². The first-order chi connectivity index (χ1) is 16.3. The number of imide groups is 2. The van der Waals surface area contributed by atoms with E-state index in [0.717, 1.165) is 16.9 Å². The monoisotopic (exact) mass is 459 g/mol. The highest BCUT2D eigenvalue weighted by Gasteiger charge is 2.37. The molecule has 1 atom stereocenters. The zero-order chi connectivity index (χ0) is 24.4. The fourth-order valence-electron chi connectivity index (χ4n) is 3.58. The maximum absolute atomic E-state index is 13.1. The van der Waals surface area contributed by atoms with Crippen LogP contribution < -0.4 is 10.2 Å². The Morgan fingerprint density at radius 1 is 1.09 bits per heavy atom. The molecule has 9 nitrogen and oxygen atoms in total. The van der Waals surface area contributed by atoms with Crippen LogP contribution >= 0.6 is 0 Å². The van der Waals surface area contributed by atoms with Crippen molar-refractivity contribution < 1.29 is 23.7 Å². The lowest BCUT2D eigenvalue weighted by Crippen LogP contribution is -2.54. The first kappa shape index (κ1) is 22.7. The molecule has 1 fully saturated rings. The van der Waals surface area contributed by atoms with E-state index in [2.05, 4.69) is 19.2 Å². The standard InChI is InChI=1S/C25H21N3O6/c1-3-15(2)16-7-9-18(10-8-16)27-24(30)21(23(29)26-25(27)31)14-20-11-12-22(34-20)17-5-4-6-19(13-17)28(32)33/h4-15H,3H2,1-2H3,(H,26,29,31)/b21-14-. The second-order valence-corrected chi connectivity index (χ2v) is 7.87. The zero-order valence-electron chi connectivity index (χ0n) is 18.5. The minimum Gasteiger partial charge on any atom is -0.457 e. The van der Waals surface area contributed by atoms with Crippen molar-refractivity contribution in [1.82, 2.24) is 5.32 Å². The molecule has 1 N–H and O–H groups in total. The normalized spacial score (nSPS) is 16.0. The van der Waals surface area contributed by atoms with Gasteiger partial charge in [0.2, 0.25) is 0 Å². The van der Waals surface area contributed by atoms with Crippen LogP contribution in [0.3, 0.4) is 0 Å². The number of nitrogens with zero attached hydrogens (tertiary/aromatic N) is 2. The molecule has 0 radical (unpaired) electrons. The highest BCUT2D eigenvalue weighted by molar-refractivity contribution is 6.39. The number of carbonyl (C=O) groups is 3. The van der Waals surface area contributed by atoms with E-state index in [1.165, 1.54) is 30.3 Å². The van der Waals surface area contributed by atoms with Gasteiger partial charge in [-0.3, -0.25) is 25.0 Å². The fraction of sp³-hybridized carbons (Fsp3) is 0.160. The number of urea groups is 1. The second kappa shape index (κ2) is 9.14. The molecule has 0 bridgehead atoms. The van der Waals surface area contributed by atoms with Gasteiger partial charge in [-0.15, -0.1) is 0 Å². The Kier molecular flexibility index (Phi) is 6.09. The number of anilines is 1. The Morgan fingerprint density at radius 3 is 2.50 bits per heavy atom. The SMILES string of the molecule is CCC(C)c1ccc(N2C(=O)NC(=O)/C(=C/c3ccc(-c4cccc([N+](=O)[O-])c4)o3)C2=O)cc1. The molecule has 0 aliphatic carbocycles. The Balaban J connectivity index is 1.63. The summed E-state index contributed by atoms with van der Waals surface area (Å²) in [6.07, 6.45) is 2.19. The van der Waals surface area contributed by atoms with Crippen LogP contribution in [0.5, 0.6) is 0 Å². The summed E-state index contributed by atoms with van der Waals surface area (Å²) in [6.45, 7) is 4.15. The van der Waals surface area contributed by atoms with Crippen LogP contribution in [0.4, 0.5) is 16.2 Å². The van der Waals surface area contributed by atoms with Crippen molar-refractivity contribution in [3.63, 3.8) is 0 Å². The third-order valence-corrected chi connectivity index (χ3v) is 5.69. The van der Waals surface area contributed by atoms with Gasteiger partial charge in [0.1, 0.15) is 17.1 Å². The number of hydrogen-bond acceptors (Lipinski definition) is 6. The smallest absolute Gasteiger partial charge is 0.335 e. The number of non-ortho nitro benzene ring substituents is 1. The molecule has 2 aromatic carbocycles. The average Bonchev–Trinajstić information content (AvgIpc) is 3.30. The van der Waals surface area contributed by atoms with Gasteiger partial charge in [0.15, 0.2) is 0 Å². The van der Waals surface area contributed by atoms with Crippen LogP contribution in [-0.4, -0.2) is 22.8 Å². The molecule has 4 amide bonds. The van der Waals surface area contributed by atoms with Gasteiger partial charge in [0.25, 0.3) is 17.5 Å². The summed E-state index contributed by atoms with van der Waals surface area (Å²) >= 11 is 0. The Labute approximate surface area is 194 Å². The highest BCUT2D eigenvalue weighted by atomic mass is 16.6. The molecule has 1 saturated heterocycles. The topological polar surface area (TPSA) is 123 Å². The summed E-state index contributed by atoms with van der Waals surface area (Å²) in [5.41, 5.74) is 1.52. The predicted molar refractivity (Wildman–Crippen MR) is 125 cm³/mol. The first-order valence-electron chi connectivity index (χ1n) is 10.6. The lowest BCUT2D eigenvalue weighted by molar-refractivity contribution is -0.384. The summed E-state index contributed by atoms with van der Waals surface area (Å²) in [6, 6.07) is 15.2. The molecular weight excluding hydrogens is 438 g/mol. The van der Waals surface area contributed by atoms with Crippen LogP contribution in [0.15, 0.2) is 70.7 Å². The molecule has 1 aromatic heterocycles. The molecule has 4 rings (SSSR count). The number of carbonyl (C=O) groups excluding carboxylic acids is 3. The maximum Gasteiger partial charge on any atom is 0.335 e. The molecule has 34 heavy (non-hydrogen) atoms. The summed E-state index contributed by atoms with van der Waals surface area (Å²) in [4.78, 5) is 49.3. The molecule has 0 saturated carbocycles. The van der Waals surface area contributed by atoms with Crippen LogP contribution in [0.2, 0.25) is 0 Å². The molecule has 172 valence electrons. The zero-order valence-corrected chi connectivity index (χ0v) is 18.5. The van der Waals surface area contributed by atoms with Gasteiger partial charge >= 0.3 is 6.03 Å². The maximum atomic E-state index is 13.1. The van der Waals surface area contributed by atoms with E-state index < -0.39 is 22.8 Å². The molecule has 1 aliphatic heterocycles. The van der Waals surface area contributed by atoms with Crippen LogP contribution in [0.1, 0.15) is 37.5 Å². The van der Waals surface area contributed by atoms with Crippen LogP contribution in [0, 0.1) is 10.1 Å². The average molecular weight is 459 g/mol. The lowest BCUT2D eigenvalue weighted by Gasteiger charge is -2.26. The number of rotatable bonds is 6. The summed E-state index contributed by atoms with van der Waals surface area (Å²) < 4.78 is 5.69. The molecular formula is C25H21N3O6. The minimum absolute atomic E-state index is 0.0934. The van der Waals surface area contributed by atoms with E-state index in [4.69, 9.17) is 4.42 Å². The molecule has 9 heteroatoms. The van der Waals surface area contributed by atoms with E-state index in [-0.39, 0.29) is 17.0 Å². The quantitative estimate of drug-likeness (QED) is 0.239. The molecule has 2 heterocycles. The van der Waals surface area contributed by atoms with E-state index in [1.807, 2.05) is 12.1 Å². The van der Waals surface area contributed by atoms with Crippen molar-refractivity contribution in [1.29, 1.82) is 0 Å². The number of benzene rings is 2. The second-order valence-electron chi connectivity index (χ2n) is 7.87. The van der Waals surface area contributed by atoms with Crippen LogP contribution in [0.25, 0.3) is 17.4 Å². The largest absolute Gasteiger partial charge is 0.457 e. The third kappa shape index (κ3) is 4.36. The van der Waals surface area contributed by atoms with Gasteiger partial charge in [-0.2, -0.15) is 0 Å². The molecule has 1 unspecified atom stereocenters. The Bertz CT molecular complexity index is 1320. The van der Waals surface area contributed by atoms with E-state index in [1.54, 1.807) is 24.3 Å². The number of nitrogens with one attached hydrogen (secondary N) is 1. The highest BCUT2D eigenvalue weighted by Crippen LogP contribution is 2.28. The lowest BCUT2D eigenvalue weighted by atomic mass is 9.98. The van der Waals surface area contributed by atoms with Crippen molar-refractivity contribution in [2.75, 3.05) is 4.90 Å². The Morgan fingerprint density at radius 2 is 1.82 bits per heavy atom. The third-order valence-electron chi connectivity index (χ3n) is 5.69. The van der Waals surface area contributed by atoms with Gasteiger partial charge in [-0.05, 0) is 48.2 Å². The van der Waals surface area contributed by atoms with Gasteiger partial charge in [-0.1, -0.05) is 38.1 Å². The van der Waals surface area contributed by atoms with E-state index >= 15 is 0 Å².